The fourth-order valence-electron chi connectivity index (χ4n) is 3.79. The lowest BCUT2D eigenvalue weighted by Crippen LogP contribution is -2.29. The van der Waals surface area contributed by atoms with Crippen molar-refractivity contribution in [2.45, 2.75) is 19.5 Å². The summed E-state index contributed by atoms with van der Waals surface area (Å²) in [5, 5.41) is 3.40. The van der Waals surface area contributed by atoms with Crippen LogP contribution in [-0.2, 0) is 13.1 Å². The van der Waals surface area contributed by atoms with E-state index in [1.54, 1.807) is 0 Å². The molecular formula is C21H23Cl2N5O2. The van der Waals surface area contributed by atoms with E-state index in [4.69, 9.17) is 23.2 Å². The van der Waals surface area contributed by atoms with Gasteiger partial charge in [-0.15, -0.1) is 0 Å². The molecule has 0 bridgehead atoms. The average molecular weight is 448 g/mol. The molecule has 0 atom stereocenters. The molecule has 0 saturated heterocycles. The molecule has 3 aromatic rings. The number of hydrogen-bond donors (Lipinski definition) is 2. The van der Waals surface area contributed by atoms with E-state index in [0.717, 1.165) is 37.2 Å². The van der Waals surface area contributed by atoms with Crippen LogP contribution in [0.15, 0.2) is 35.1 Å². The molecule has 1 amide bonds. The number of hydrogen-bond acceptors (Lipinski definition) is 4. The van der Waals surface area contributed by atoms with E-state index in [2.05, 4.69) is 34.2 Å². The van der Waals surface area contributed by atoms with Crippen LogP contribution in [0.5, 0.6) is 0 Å². The van der Waals surface area contributed by atoms with Gasteiger partial charge in [-0.1, -0.05) is 29.3 Å². The zero-order valence-electron chi connectivity index (χ0n) is 16.8. The van der Waals surface area contributed by atoms with Crippen molar-refractivity contribution in [1.29, 1.82) is 0 Å². The van der Waals surface area contributed by atoms with Crippen LogP contribution in [0.4, 0.5) is 10.5 Å². The second-order valence-corrected chi connectivity index (χ2v) is 8.64. The number of rotatable bonds is 5. The first-order chi connectivity index (χ1) is 14.3. The normalized spacial score (nSPS) is 13.9. The zero-order valence-corrected chi connectivity index (χ0v) is 18.3. The fourth-order valence-corrected chi connectivity index (χ4v) is 4.12. The first-order valence-electron chi connectivity index (χ1n) is 9.72. The number of fused-ring (bicyclic) bond motifs is 2. The van der Waals surface area contributed by atoms with Gasteiger partial charge in [-0.3, -0.25) is 4.90 Å². The van der Waals surface area contributed by atoms with Crippen molar-refractivity contribution < 1.29 is 4.79 Å². The van der Waals surface area contributed by atoms with Crippen molar-refractivity contribution in [2.24, 2.45) is 0 Å². The third-order valence-electron chi connectivity index (χ3n) is 5.25. The number of benzene rings is 2. The van der Waals surface area contributed by atoms with Gasteiger partial charge < -0.3 is 15.2 Å². The van der Waals surface area contributed by atoms with E-state index >= 15 is 0 Å². The molecule has 9 heteroatoms. The number of anilines is 1. The number of nitrogens with one attached hydrogen (secondary N) is 2. The van der Waals surface area contributed by atoms with Crippen molar-refractivity contribution in [3.63, 3.8) is 0 Å². The van der Waals surface area contributed by atoms with Crippen molar-refractivity contribution >= 4 is 46.0 Å². The van der Waals surface area contributed by atoms with Crippen LogP contribution in [0.3, 0.4) is 0 Å². The smallest absolute Gasteiger partial charge is 0.309 e. The molecular weight excluding hydrogens is 425 g/mol. The van der Waals surface area contributed by atoms with Gasteiger partial charge in [0, 0.05) is 25.3 Å². The Hall–Kier alpha value is -2.32. The third-order valence-corrected chi connectivity index (χ3v) is 5.97. The quantitative estimate of drug-likeness (QED) is 0.620. The maximum atomic E-state index is 12.8. The SMILES string of the molecule is CN(C)CCCN1Cc2ccc(NC(=O)n3c(=O)[nH]c4cc(Cl)c(Cl)cc43)cc2C1. The Bertz CT molecular complexity index is 1170. The summed E-state index contributed by atoms with van der Waals surface area (Å²) in [5.41, 5.74) is 3.39. The standard InChI is InChI=1S/C21H23Cl2N5O2/c1-26(2)6-3-7-27-11-13-4-5-15(8-14(13)12-27)24-20(29)28-19-10-17(23)16(22)9-18(19)25-21(28)30/h4-5,8-10H,3,6-7,11-12H2,1-2H3,(H,24,29)(H,25,30). The van der Waals surface area contributed by atoms with E-state index in [-0.39, 0.29) is 5.02 Å². The summed E-state index contributed by atoms with van der Waals surface area (Å²) in [6, 6.07) is 8.36. The number of imidazole rings is 1. The summed E-state index contributed by atoms with van der Waals surface area (Å²) in [4.78, 5) is 32.4. The second kappa shape index (κ2) is 8.43. The van der Waals surface area contributed by atoms with Crippen molar-refractivity contribution in [3.05, 3.63) is 62.0 Å². The van der Waals surface area contributed by atoms with Gasteiger partial charge in [0.2, 0.25) is 0 Å². The summed E-state index contributed by atoms with van der Waals surface area (Å²) in [6.07, 6.45) is 1.11. The summed E-state index contributed by atoms with van der Waals surface area (Å²) in [5.74, 6) is 0. The Labute approximate surface area is 184 Å². The minimum Gasteiger partial charge on any atom is -0.309 e. The van der Waals surface area contributed by atoms with E-state index in [9.17, 15) is 9.59 Å². The van der Waals surface area contributed by atoms with Crippen molar-refractivity contribution in [1.82, 2.24) is 19.4 Å². The Morgan fingerprint density at radius 2 is 1.87 bits per heavy atom. The molecule has 0 spiro atoms. The molecule has 1 aromatic heterocycles. The predicted octanol–water partition coefficient (Wildman–Crippen LogP) is 3.98. The molecule has 2 heterocycles. The summed E-state index contributed by atoms with van der Waals surface area (Å²) in [6.45, 7) is 3.86. The number of aromatic nitrogens is 2. The number of carbonyl (C=O) groups is 1. The number of nitrogens with zero attached hydrogens (tertiary/aromatic N) is 3. The summed E-state index contributed by atoms with van der Waals surface area (Å²) >= 11 is 12.1. The van der Waals surface area contributed by atoms with Gasteiger partial charge in [0.05, 0.1) is 21.1 Å². The van der Waals surface area contributed by atoms with Crippen LogP contribution in [0.25, 0.3) is 11.0 Å². The van der Waals surface area contributed by atoms with Gasteiger partial charge in [0.15, 0.2) is 0 Å². The number of halogens is 2. The van der Waals surface area contributed by atoms with E-state index in [1.165, 1.54) is 23.3 Å². The molecule has 0 radical (unpaired) electrons. The van der Waals surface area contributed by atoms with Crippen LogP contribution in [-0.4, -0.2) is 52.6 Å². The molecule has 0 aliphatic carbocycles. The molecule has 2 aromatic carbocycles. The Morgan fingerprint density at radius 1 is 1.13 bits per heavy atom. The molecule has 30 heavy (non-hydrogen) atoms. The first kappa shape index (κ1) is 20.9. The molecule has 0 unspecified atom stereocenters. The Kier molecular flexibility index (Phi) is 5.88. The Balaban J connectivity index is 1.50. The average Bonchev–Trinajstić information content (AvgIpc) is 3.21. The topological polar surface area (TPSA) is 73.4 Å². The lowest BCUT2D eigenvalue weighted by Gasteiger charge is -2.16. The van der Waals surface area contributed by atoms with Crippen molar-refractivity contribution in [3.8, 4) is 0 Å². The number of amides is 1. The van der Waals surface area contributed by atoms with Gasteiger partial charge in [-0.05, 0) is 62.5 Å². The maximum Gasteiger partial charge on any atom is 0.334 e. The number of H-pyrrole nitrogens is 1. The van der Waals surface area contributed by atoms with Crippen molar-refractivity contribution in [2.75, 3.05) is 32.5 Å². The molecule has 1 aliphatic rings. The highest BCUT2D eigenvalue weighted by Gasteiger charge is 2.20. The summed E-state index contributed by atoms with van der Waals surface area (Å²) < 4.78 is 1.03. The largest absolute Gasteiger partial charge is 0.334 e. The monoisotopic (exact) mass is 447 g/mol. The predicted molar refractivity (Wildman–Crippen MR) is 121 cm³/mol. The zero-order chi connectivity index (χ0) is 21.4. The van der Waals surface area contributed by atoms with Gasteiger partial charge in [-0.2, -0.15) is 0 Å². The molecule has 158 valence electrons. The molecule has 4 rings (SSSR count). The fraction of sp³-hybridized carbons (Fsp3) is 0.333. The second-order valence-electron chi connectivity index (χ2n) is 7.83. The van der Waals surface area contributed by atoms with E-state index in [0.29, 0.717) is 21.7 Å². The van der Waals surface area contributed by atoms with Gasteiger partial charge >= 0.3 is 11.7 Å². The number of aromatic amines is 1. The summed E-state index contributed by atoms with van der Waals surface area (Å²) in [7, 11) is 4.16. The highest BCUT2D eigenvalue weighted by atomic mass is 35.5. The van der Waals surface area contributed by atoms with Crippen LogP contribution in [0, 0.1) is 0 Å². The van der Waals surface area contributed by atoms with E-state index in [1.807, 2.05) is 18.2 Å². The van der Waals surface area contributed by atoms with Crippen LogP contribution < -0.4 is 11.0 Å². The van der Waals surface area contributed by atoms with Gasteiger partial charge in [0.25, 0.3) is 0 Å². The van der Waals surface area contributed by atoms with Crippen LogP contribution >= 0.6 is 23.2 Å². The molecule has 0 fully saturated rings. The van der Waals surface area contributed by atoms with Gasteiger partial charge in [0.1, 0.15) is 0 Å². The third kappa shape index (κ3) is 4.25. The van der Waals surface area contributed by atoms with Crippen LogP contribution in [0.1, 0.15) is 17.5 Å². The minimum absolute atomic E-state index is 0.275. The lowest BCUT2D eigenvalue weighted by atomic mass is 10.1. The number of carbonyl (C=O) groups excluding carboxylic acids is 1. The molecule has 2 N–H and O–H groups in total. The highest BCUT2D eigenvalue weighted by molar-refractivity contribution is 6.42. The molecule has 1 aliphatic heterocycles. The maximum absolute atomic E-state index is 12.8. The highest BCUT2D eigenvalue weighted by Crippen LogP contribution is 2.28. The van der Waals surface area contributed by atoms with E-state index < -0.39 is 11.7 Å². The minimum atomic E-state index is -0.551. The Morgan fingerprint density at radius 3 is 2.63 bits per heavy atom. The van der Waals surface area contributed by atoms with Gasteiger partial charge in [-0.25, -0.2) is 14.2 Å². The van der Waals surface area contributed by atoms with Crippen LogP contribution in [0.2, 0.25) is 10.0 Å². The molecule has 0 saturated carbocycles. The lowest BCUT2D eigenvalue weighted by molar-refractivity contribution is 0.253. The first-order valence-corrected chi connectivity index (χ1v) is 10.5. The molecule has 7 nitrogen and oxygen atoms in total.